The monoisotopic (exact) mass is 374 g/mol. The molecule has 3 nitrogen and oxygen atoms in total. The van der Waals surface area contributed by atoms with Gasteiger partial charge in [0.25, 0.3) is 0 Å². The van der Waals surface area contributed by atoms with Crippen LogP contribution in [0.2, 0.25) is 0 Å². The van der Waals surface area contributed by atoms with Crippen LogP contribution in [0, 0.1) is 23.2 Å². The van der Waals surface area contributed by atoms with Gasteiger partial charge in [-0.3, -0.25) is 9.59 Å². The molecule has 0 atom stereocenters. The summed E-state index contributed by atoms with van der Waals surface area (Å²) >= 11 is 0. The Labute approximate surface area is 166 Å². The highest BCUT2D eigenvalue weighted by atomic mass is 16.5. The van der Waals surface area contributed by atoms with Crippen molar-refractivity contribution in [2.24, 2.45) is 23.2 Å². The van der Waals surface area contributed by atoms with E-state index in [1.54, 1.807) is 24.3 Å². The van der Waals surface area contributed by atoms with Crippen LogP contribution in [0.25, 0.3) is 0 Å². The number of ether oxygens (including phenoxy) is 1. The Morgan fingerprint density at radius 3 is 1.89 bits per heavy atom. The first-order valence-corrected chi connectivity index (χ1v) is 10.5. The fraction of sp³-hybridized carbons (Fsp3) is 0.440. The minimum absolute atomic E-state index is 0.0213. The molecule has 0 heterocycles. The van der Waals surface area contributed by atoms with E-state index in [2.05, 4.69) is 0 Å². The first-order chi connectivity index (χ1) is 13.6. The molecule has 28 heavy (non-hydrogen) atoms. The molecule has 0 aliphatic heterocycles. The largest absolute Gasteiger partial charge is 0.427 e. The van der Waals surface area contributed by atoms with Gasteiger partial charge in [0.1, 0.15) is 5.75 Å². The van der Waals surface area contributed by atoms with Crippen LogP contribution in [0.1, 0.15) is 60.9 Å². The fourth-order valence-corrected chi connectivity index (χ4v) is 6.41. The van der Waals surface area contributed by atoms with E-state index in [1.807, 2.05) is 30.3 Å². The van der Waals surface area contributed by atoms with Crippen LogP contribution in [0.4, 0.5) is 0 Å². The second-order valence-electron chi connectivity index (χ2n) is 9.29. The summed E-state index contributed by atoms with van der Waals surface area (Å²) in [5, 5.41) is 0. The van der Waals surface area contributed by atoms with Crippen LogP contribution in [0.5, 0.6) is 5.75 Å². The zero-order chi connectivity index (χ0) is 19.1. The zero-order valence-electron chi connectivity index (χ0n) is 16.1. The molecular formula is C25H26O3. The smallest absolute Gasteiger partial charge is 0.311 e. The van der Waals surface area contributed by atoms with Crippen molar-refractivity contribution in [2.75, 3.05) is 0 Å². The lowest BCUT2D eigenvalue weighted by Gasteiger charge is -2.56. The molecule has 6 rings (SSSR count). The number of rotatable bonds is 5. The first-order valence-electron chi connectivity index (χ1n) is 10.5. The number of ketones is 1. The average molecular weight is 374 g/mol. The summed E-state index contributed by atoms with van der Waals surface area (Å²) in [5.74, 6) is 2.89. The lowest BCUT2D eigenvalue weighted by atomic mass is 9.49. The van der Waals surface area contributed by atoms with E-state index in [0.29, 0.717) is 23.3 Å². The van der Waals surface area contributed by atoms with E-state index in [0.717, 1.165) is 17.8 Å². The van der Waals surface area contributed by atoms with Crippen molar-refractivity contribution < 1.29 is 14.3 Å². The Kier molecular flexibility index (Phi) is 4.34. The number of carbonyl (C=O) groups excluding carboxylic acids is 2. The summed E-state index contributed by atoms with van der Waals surface area (Å²) in [6, 6.07) is 16.2. The summed E-state index contributed by atoms with van der Waals surface area (Å²) in [5.41, 5.74) is 1.45. The molecule has 0 N–H and O–H groups in total. The predicted molar refractivity (Wildman–Crippen MR) is 107 cm³/mol. The second-order valence-corrected chi connectivity index (χ2v) is 9.29. The van der Waals surface area contributed by atoms with E-state index in [4.69, 9.17) is 4.74 Å². The SMILES string of the molecule is O=C(CC12CC3CC(CC(C3)C1)C2)Oc1ccc(C(=O)c2ccccc2)cc1. The molecule has 3 heteroatoms. The van der Waals surface area contributed by atoms with Gasteiger partial charge in [0.2, 0.25) is 0 Å². The van der Waals surface area contributed by atoms with Crippen LogP contribution in [0.15, 0.2) is 54.6 Å². The fourth-order valence-electron chi connectivity index (χ4n) is 6.41. The molecule has 144 valence electrons. The van der Waals surface area contributed by atoms with Crippen LogP contribution in [0.3, 0.4) is 0 Å². The summed E-state index contributed by atoms with van der Waals surface area (Å²) < 4.78 is 5.64. The molecular weight excluding hydrogens is 348 g/mol. The Hall–Kier alpha value is -2.42. The normalized spacial score (nSPS) is 30.2. The molecule has 0 amide bonds. The van der Waals surface area contributed by atoms with E-state index >= 15 is 0 Å². The van der Waals surface area contributed by atoms with Crippen molar-refractivity contribution in [3.05, 3.63) is 65.7 Å². The molecule has 0 saturated heterocycles. The van der Waals surface area contributed by atoms with Gasteiger partial charge in [0.15, 0.2) is 5.78 Å². The first kappa shape index (κ1) is 17.7. The zero-order valence-corrected chi connectivity index (χ0v) is 16.1. The van der Waals surface area contributed by atoms with Gasteiger partial charge in [-0.2, -0.15) is 0 Å². The average Bonchev–Trinajstić information content (AvgIpc) is 2.67. The Bertz CT molecular complexity index is 846. The van der Waals surface area contributed by atoms with Crippen LogP contribution in [-0.2, 0) is 4.79 Å². The number of esters is 1. The summed E-state index contributed by atoms with van der Waals surface area (Å²) in [6.07, 6.45) is 8.30. The van der Waals surface area contributed by atoms with Crippen molar-refractivity contribution in [3.8, 4) is 5.75 Å². The summed E-state index contributed by atoms with van der Waals surface area (Å²) in [4.78, 5) is 25.1. The standard InChI is InChI=1S/C25H26O3/c26-23(16-25-13-17-10-18(14-25)12-19(11-17)15-25)28-22-8-6-21(7-9-22)24(27)20-4-2-1-3-5-20/h1-9,17-19H,10-16H2. The molecule has 0 aromatic heterocycles. The van der Waals surface area contributed by atoms with Crippen LogP contribution in [-0.4, -0.2) is 11.8 Å². The third-order valence-electron chi connectivity index (χ3n) is 7.07. The minimum atomic E-state index is -0.121. The maximum atomic E-state index is 12.6. The van der Waals surface area contributed by atoms with Crippen LogP contribution < -0.4 is 4.74 Å². The lowest BCUT2D eigenvalue weighted by molar-refractivity contribution is -0.142. The van der Waals surface area contributed by atoms with Crippen molar-refractivity contribution >= 4 is 11.8 Å². The van der Waals surface area contributed by atoms with Gasteiger partial charge in [0.05, 0.1) is 6.42 Å². The molecule has 4 saturated carbocycles. The predicted octanol–water partition coefficient (Wildman–Crippen LogP) is 5.43. The van der Waals surface area contributed by atoms with Crippen molar-refractivity contribution in [1.82, 2.24) is 0 Å². The number of hydrogen-bond donors (Lipinski definition) is 0. The maximum absolute atomic E-state index is 12.6. The van der Waals surface area contributed by atoms with Crippen molar-refractivity contribution in [2.45, 2.75) is 44.9 Å². The minimum Gasteiger partial charge on any atom is -0.427 e. The Morgan fingerprint density at radius 2 is 1.32 bits per heavy atom. The molecule has 4 fully saturated rings. The molecule has 4 aliphatic carbocycles. The molecule has 0 spiro atoms. The number of carbonyl (C=O) groups is 2. The second kappa shape index (κ2) is 6.88. The molecule has 0 unspecified atom stereocenters. The van der Waals surface area contributed by atoms with Gasteiger partial charge < -0.3 is 4.74 Å². The molecule has 4 aliphatic rings. The lowest BCUT2D eigenvalue weighted by Crippen LogP contribution is -2.47. The summed E-state index contributed by atoms with van der Waals surface area (Å²) in [6.45, 7) is 0. The van der Waals surface area contributed by atoms with Gasteiger partial charge in [0, 0.05) is 11.1 Å². The van der Waals surface area contributed by atoms with Crippen molar-refractivity contribution in [1.29, 1.82) is 0 Å². The van der Waals surface area contributed by atoms with Gasteiger partial charge in [-0.1, -0.05) is 30.3 Å². The Balaban J connectivity index is 1.23. The maximum Gasteiger partial charge on any atom is 0.311 e. The highest BCUT2D eigenvalue weighted by Crippen LogP contribution is 2.61. The van der Waals surface area contributed by atoms with Gasteiger partial charge >= 0.3 is 5.97 Å². The summed E-state index contributed by atoms with van der Waals surface area (Å²) in [7, 11) is 0. The molecule has 2 aromatic rings. The Morgan fingerprint density at radius 1 is 0.786 bits per heavy atom. The van der Waals surface area contributed by atoms with E-state index in [9.17, 15) is 9.59 Å². The molecule has 0 radical (unpaired) electrons. The van der Waals surface area contributed by atoms with E-state index < -0.39 is 0 Å². The number of benzene rings is 2. The third-order valence-corrected chi connectivity index (χ3v) is 7.07. The van der Waals surface area contributed by atoms with E-state index in [-0.39, 0.29) is 17.2 Å². The third kappa shape index (κ3) is 3.39. The van der Waals surface area contributed by atoms with Gasteiger partial charge in [-0.15, -0.1) is 0 Å². The molecule has 2 aromatic carbocycles. The van der Waals surface area contributed by atoms with Gasteiger partial charge in [-0.05, 0) is 86.0 Å². The molecule has 4 bridgehead atoms. The van der Waals surface area contributed by atoms with Crippen molar-refractivity contribution in [3.63, 3.8) is 0 Å². The quantitative estimate of drug-likeness (QED) is 0.398. The number of hydrogen-bond acceptors (Lipinski definition) is 3. The highest BCUT2D eigenvalue weighted by Gasteiger charge is 2.51. The topological polar surface area (TPSA) is 43.4 Å². The highest BCUT2D eigenvalue weighted by molar-refractivity contribution is 6.09. The van der Waals surface area contributed by atoms with Gasteiger partial charge in [-0.25, -0.2) is 0 Å². The van der Waals surface area contributed by atoms with E-state index in [1.165, 1.54) is 38.5 Å². The van der Waals surface area contributed by atoms with Crippen LogP contribution >= 0.6 is 0 Å².